The van der Waals surface area contributed by atoms with Crippen LogP contribution in [0.15, 0.2) is 24.3 Å². The number of hydrogen-bond acceptors (Lipinski definition) is 3. The zero-order chi connectivity index (χ0) is 13.1. The van der Waals surface area contributed by atoms with Crippen LogP contribution in [0.4, 0.5) is 5.69 Å². The maximum absolute atomic E-state index is 6.08. The van der Waals surface area contributed by atoms with Crippen LogP contribution < -0.4 is 5.32 Å². The fourth-order valence-electron chi connectivity index (χ4n) is 3.06. The summed E-state index contributed by atoms with van der Waals surface area (Å²) in [5, 5.41) is 3.67. The Morgan fingerprint density at radius 2 is 2.05 bits per heavy atom. The van der Waals surface area contributed by atoms with E-state index in [1.165, 1.54) is 9.26 Å². The van der Waals surface area contributed by atoms with Gasteiger partial charge in [0.05, 0.1) is 5.60 Å². The lowest BCUT2D eigenvalue weighted by Gasteiger charge is -2.43. The van der Waals surface area contributed by atoms with Gasteiger partial charge in [-0.25, -0.2) is 0 Å². The Kier molecular flexibility index (Phi) is 4.29. The molecule has 0 aromatic heterocycles. The van der Waals surface area contributed by atoms with Gasteiger partial charge >= 0.3 is 0 Å². The van der Waals surface area contributed by atoms with Gasteiger partial charge in [-0.15, -0.1) is 0 Å². The molecule has 0 saturated carbocycles. The molecule has 1 unspecified atom stereocenters. The average Bonchev–Trinajstić information content (AvgIpc) is 2.40. The minimum atomic E-state index is 0.0656. The Hall–Kier alpha value is -0.330. The van der Waals surface area contributed by atoms with Gasteiger partial charge in [0.2, 0.25) is 0 Å². The third-order valence-electron chi connectivity index (χ3n) is 4.09. The molecule has 0 bridgehead atoms. The minimum absolute atomic E-state index is 0.0656. The highest BCUT2D eigenvalue weighted by Crippen LogP contribution is 2.35. The second-order valence-corrected chi connectivity index (χ2v) is 6.73. The molecule has 1 aromatic carbocycles. The van der Waals surface area contributed by atoms with Gasteiger partial charge in [0.25, 0.3) is 0 Å². The highest BCUT2D eigenvalue weighted by atomic mass is 127. The van der Waals surface area contributed by atoms with Crippen LogP contribution in [0.25, 0.3) is 0 Å². The smallest absolute Gasteiger partial charge is 0.0745 e. The van der Waals surface area contributed by atoms with Crippen LogP contribution in [-0.2, 0) is 9.47 Å². The standard InChI is InChI=1S/C15H20INO2/c16-12-2-1-3-13(10-12)17-14-4-7-19-15(11-14)5-8-18-9-6-15/h1-3,10,14,17H,4-9,11H2. The predicted octanol–water partition coefficient (Wildman–Crippen LogP) is 3.43. The van der Waals surface area contributed by atoms with E-state index in [1.54, 1.807) is 0 Å². The SMILES string of the molecule is Ic1cccc(NC2CCOC3(CCOCC3)C2)c1. The summed E-state index contributed by atoms with van der Waals surface area (Å²) in [6.45, 7) is 2.55. The molecule has 2 aliphatic heterocycles. The first kappa shape index (κ1) is 13.6. The van der Waals surface area contributed by atoms with Crippen LogP contribution in [0, 0.1) is 3.57 Å². The first-order valence-electron chi connectivity index (χ1n) is 7.00. The third kappa shape index (κ3) is 3.41. The molecular formula is C15H20INO2. The molecule has 2 fully saturated rings. The van der Waals surface area contributed by atoms with E-state index in [2.05, 4.69) is 52.2 Å². The minimum Gasteiger partial charge on any atom is -0.382 e. The number of halogens is 1. The molecular weight excluding hydrogens is 353 g/mol. The highest BCUT2D eigenvalue weighted by Gasteiger charge is 2.38. The van der Waals surface area contributed by atoms with E-state index in [4.69, 9.17) is 9.47 Å². The van der Waals surface area contributed by atoms with E-state index in [9.17, 15) is 0 Å². The van der Waals surface area contributed by atoms with Crippen molar-refractivity contribution in [3.8, 4) is 0 Å². The molecule has 3 nitrogen and oxygen atoms in total. The van der Waals surface area contributed by atoms with Gasteiger partial charge in [-0.05, 0) is 66.5 Å². The van der Waals surface area contributed by atoms with Crippen molar-refractivity contribution in [3.63, 3.8) is 0 Å². The van der Waals surface area contributed by atoms with Crippen molar-refractivity contribution < 1.29 is 9.47 Å². The Balaban J connectivity index is 1.65. The van der Waals surface area contributed by atoms with Crippen molar-refractivity contribution in [1.82, 2.24) is 0 Å². The van der Waals surface area contributed by atoms with Gasteiger partial charge in [-0.1, -0.05) is 6.07 Å². The maximum atomic E-state index is 6.08. The lowest BCUT2D eigenvalue weighted by atomic mass is 9.84. The number of ether oxygens (including phenoxy) is 2. The van der Waals surface area contributed by atoms with E-state index in [-0.39, 0.29) is 5.60 Å². The van der Waals surface area contributed by atoms with Crippen molar-refractivity contribution in [3.05, 3.63) is 27.8 Å². The number of nitrogens with one attached hydrogen (secondary N) is 1. The van der Waals surface area contributed by atoms with Crippen LogP contribution >= 0.6 is 22.6 Å². The van der Waals surface area contributed by atoms with E-state index < -0.39 is 0 Å². The molecule has 1 spiro atoms. The van der Waals surface area contributed by atoms with Crippen molar-refractivity contribution in [1.29, 1.82) is 0 Å². The summed E-state index contributed by atoms with van der Waals surface area (Å²) in [7, 11) is 0. The molecule has 19 heavy (non-hydrogen) atoms. The summed E-state index contributed by atoms with van der Waals surface area (Å²) >= 11 is 2.36. The molecule has 1 N–H and O–H groups in total. The zero-order valence-electron chi connectivity index (χ0n) is 11.0. The van der Waals surface area contributed by atoms with Crippen molar-refractivity contribution in [2.24, 2.45) is 0 Å². The van der Waals surface area contributed by atoms with Crippen LogP contribution in [0.3, 0.4) is 0 Å². The quantitative estimate of drug-likeness (QED) is 0.806. The molecule has 3 rings (SSSR count). The Bertz CT molecular complexity index is 426. The third-order valence-corrected chi connectivity index (χ3v) is 4.76. The second kappa shape index (κ2) is 5.97. The van der Waals surface area contributed by atoms with Crippen LogP contribution in [-0.4, -0.2) is 31.5 Å². The van der Waals surface area contributed by atoms with E-state index >= 15 is 0 Å². The van der Waals surface area contributed by atoms with Crippen LogP contribution in [0.1, 0.15) is 25.7 Å². The summed E-state index contributed by atoms with van der Waals surface area (Å²) in [5.74, 6) is 0. The maximum Gasteiger partial charge on any atom is 0.0745 e. The molecule has 1 atom stereocenters. The Morgan fingerprint density at radius 1 is 1.21 bits per heavy atom. The molecule has 4 heteroatoms. The summed E-state index contributed by atoms with van der Waals surface area (Å²) < 4.78 is 12.8. The van der Waals surface area contributed by atoms with E-state index in [0.29, 0.717) is 6.04 Å². The first-order chi connectivity index (χ1) is 9.26. The monoisotopic (exact) mass is 373 g/mol. The van der Waals surface area contributed by atoms with Crippen LogP contribution in [0.2, 0.25) is 0 Å². The van der Waals surface area contributed by atoms with Gasteiger partial charge in [-0.3, -0.25) is 0 Å². The van der Waals surface area contributed by atoms with Crippen molar-refractivity contribution in [2.45, 2.75) is 37.3 Å². The van der Waals surface area contributed by atoms with Gasteiger partial charge in [0.1, 0.15) is 0 Å². The average molecular weight is 373 g/mol. The summed E-state index contributed by atoms with van der Waals surface area (Å²) in [4.78, 5) is 0. The second-order valence-electron chi connectivity index (χ2n) is 5.49. The Morgan fingerprint density at radius 3 is 2.84 bits per heavy atom. The van der Waals surface area contributed by atoms with Crippen molar-refractivity contribution >= 4 is 28.3 Å². The molecule has 2 aliphatic rings. The number of hydrogen-bond donors (Lipinski definition) is 1. The lowest BCUT2D eigenvalue weighted by molar-refractivity contribution is -0.135. The van der Waals surface area contributed by atoms with Crippen LogP contribution in [0.5, 0.6) is 0 Å². The molecule has 0 radical (unpaired) electrons. The fraction of sp³-hybridized carbons (Fsp3) is 0.600. The fourth-order valence-corrected chi connectivity index (χ4v) is 3.60. The van der Waals surface area contributed by atoms with E-state index in [1.807, 2.05) is 0 Å². The van der Waals surface area contributed by atoms with Gasteiger partial charge in [-0.2, -0.15) is 0 Å². The van der Waals surface area contributed by atoms with Gasteiger partial charge in [0, 0.05) is 35.1 Å². The topological polar surface area (TPSA) is 30.5 Å². The molecule has 1 aromatic rings. The summed E-state index contributed by atoms with van der Waals surface area (Å²) in [5.41, 5.74) is 1.29. The van der Waals surface area contributed by atoms with Gasteiger partial charge < -0.3 is 14.8 Å². The normalized spacial score (nSPS) is 26.3. The molecule has 2 heterocycles. The highest BCUT2D eigenvalue weighted by molar-refractivity contribution is 14.1. The van der Waals surface area contributed by atoms with Gasteiger partial charge in [0.15, 0.2) is 0 Å². The Labute approximate surface area is 128 Å². The lowest BCUT2D eigenvalue weighted by Crippen LogP contribution is -2.47. The molecule has 0 aliphatic carbocycles. The zero-order valence-corrected chi connectivity index (χ0v) is 13.2. The number of benzene rings is 1. The molecule has 104 valence electrons. The van der Waals surface area contributed by atoms with E-state index in [0.717, 1.165) is 45.5 Å². The molecule has 0 amide bonds. The summed E-state index contributed by atoms with van der Waals surface area (Å²) in [6.07, 6.45) is 4.27. The first-order valence-corrected chi connectivity index (χ1v) is 8.08. The molecule has 2 saturated heterocycles. The van der Waals surface area contributed by atoms with Crippen molar-refractivity contribution in [2.75, 3.05) is 25.1 Å². The summed E-state index contributed by atoms with van der Waals surface area (Å²) in [6, 6.07) is 9.09. The largest absolute Gasteiger partial charge is 0.382 e. The number of rotatable bonds is 2. The number of anilines is 1. The predicted molar refractivity (Wildman–Crippen MR) is 84.5 cm³/mol.